The van der Waals surface area contributed by atoms with Crippen LogP contribution in [0.25, 0.3) is 11.1 Å². The van der Waals surface area contributed by atoms with Crippen LogP contribution in [0.4, 0.5) is 17.4 Å². The van der Waals surface area contributed by atoms with Crippen LogP contribution < -0.4 is 10.6 Å². The van der Waals surface area contributed by atoms with Crippen molar-refractivity contribution in [3.05, 3.63) is 78.6 Å². The molecule has 4 aromatic rings. The summed E-state index contributed by atoms with van der Waals surface area (Å²) in [6.07, 6.45) is 3.15. The zero-order chi connectivity index (χ0) is 17.1. The van der Waals surface area contributed by atoms with Crippen LogP contribution in [0.3, 0.4) is 0 Å². The summed E-state index contributed by atoms with van der Waals surface area (Å²) in [5.41, 5.74) is 3.42. The van der Waals surface area contributed by atoms with E-state index < -0.39 is 0 Å². The van der Waals surface area contributed by atoms with E-state index in [1.165, 1.54) is 6.20 Å². The van der Waals surface area contributed by atoms with Crippen molar-refractivity contribution < 1.29 is 9.21 Å². The molecule has 2 aromatic carbocycles. The Hall–Kier alpha value is -3.67. The number of rotatable bonds is 4. The highest BCUT2D eigenvalue weighted by Gasteiger charge is 2.08. The van der Waals surface area contributed by atoms with Gasteiger partial charge in [-0.2, -0.15) is 4.98 Å². The van der Waals surface area contributed by atoms with Crippen molar-refractivity contribution in [2.75, 3.05) is 10.6 Å². The molecule has 0 bridgehead atoms. The number of oxazole rings is 1. The number of fused-ring (bicyclic) bond motifs is 1. The first-order chi connectivity index (χ1) is 12.3. The van der Waals surface area contributed by atoms with E-state index >= 15 is 0 Å². The normalized spacial score (nSPS) is 10.6. The Bertz CT molecular complexity index is 995. The number of aromatic nitrogens is 2. The second-order valence-electron chi connectivity index (χ2n) is 5.39. The van der Waals surface area contributed by atoms with Crippen LogP contribution in [0.1, 0.15) is 10.4 Å². The van der Waals surface area contributed by atoms with Crippen molar-refractivity contribution in [1.29, 1.82) is 0 Å². The highest BCUT2D eigenvalue weighted by molar-refractivity contribution is 6.04. The van der Waals surface area contributed by atoms with Crippen molar-refractivity contribution >= 4 is 34.4 Å². The molecule has 0 saturated heterocycles. The van der Waals surface area contributed by atoms with E-state index in [-0.39, 0.29) is 5.91 Å². The topological polar surface area (TPSA) is 80.0 Å². The van der Waals surface area contributed by atoms with Gasteiger partial charge in [0.1, 0.15) is 5.52 Å². The van der Waals surface area contributed by atoms with Crippen molar-refractivity contribution in [2.45, 2.75) is 0 Å². The molecular weight excluding hydrogens is 316 g/mol. The standard InChI is InChI=1S/C19H14N4O2/c24-18(13-5-4-10-20-12-13)21-14-6-3-7-15(11-14)22-19-23-16-8-1-2-9-17(16)25-19/h1-12H,(H,21,24)(H,22,23). The van der Waals surface area contributed by atoms with Gasteiger partial charge >= 0.3 is 0 Å². The molecule has 2 N–H and O–H groups in total. The fourth-order valence-corrected chi connectivity index (χ4v) is 2.42. The van der Waals surface area contributed by atoms with Gasteiger partial charge in [-0.25, -0.2) is 0 Å². The molecule has 4 rings (SSSR count). The molecule has 0 atom stereocenters. The minimum absolute atomic E-state index is 0.216. The van der Waals surface area contributed by atoms with E-state index in [4.69, 9.17) is 4.42 Å². The van der Waals surface area contributed by atoms with Gasteiger partial charge in [-0.1, -0.05) is 18.2 Å². The van der Waals surface area contributed by atoms with Gasteiger partial charge in [-0.05, 0) is 42.5 Å². The Morgan fingerprint density at radius 3 is 2.68 bits per heavy atom. The van der Waals surface area contributed by atoms with Crippen LogP contribution in [0.15, 0.2) is 77.5 Å². The Kier molecular flexibility index (Phi) is 3.84. The highest BCUT2D eigenvalue weighted by Crippen LogP contribution is 2.23. The van der Waals surface area contributed by atoms with Crippen LogP contribution in [-0.2, 0) is 0 Å². The van der Waals surface area contributed by atoms with E-state index in [9.17, 15) is 4.79 Å². The first-order valence-electron chi connectivity index (χ1n) is 7.72. The number of anilines is 3. The molecule has 0 aliphatic rings. The number of para-hydroxylation sites is 2. The predicted octanol–water partition coefficient (Wildman–Crippen LogP) is 4.22. The molecular formula is C19H14N4O2. The van der Waals surface area contributed by atoms with Crippen LogP contribution in [0, 0.1) is 0 Å². The maximum absolute atomic E-state index is 12.2. The third-order valence-electron chi connectivity index (χ3n) is 3.59. The number of carbonyl (C=O) groups is 1. The van der Waals surface area contributed by atoms with Gasteiger partial charge in [0.15, 0.2) is 5.58 Å². The molecule has 1 amide bonds. The quantitative estimate of drug-likeness (QED) is 0.585. The third kappa shape index (κ3) is 3.32. The van der Waals surface area contributed by atoms with Gasteiger partial charge in [0.05, 0.1) is 5.56 Å². The molecule has 6 nitrogen and oxygen atoms in total. The molecule has 0 aliphatic carbocycles. The Morgan fingerprint density at radius 2 is 1.84 bits per heavy atom. The molecule has 6 heteroatoms. The second kappa shape index (κ2) is 6.45. The zero-order valence-corrected chi connectivity index (χ0v) is 13.1. The third-order valence-corrected chi connectivity index (χ3v) is 3.59. The lowest BCUT2D eigenvalue weighted by Gasteiger charge is -2.07. The monoisotopic (exact) mass is 330 g/mol. The molecule has 122 valence electrons. The van der Waals surface area contributed by atoms with Gasteiger partial charge in [-0.3, -0.25) is 9.78 Å². The summed E-state index contributed by atoms with van der Waals surface area (Å²) in [6.45, 7) is 0. The SMILES string of the molecule is O=C(Nc1cccc(Nc2nc3ccccc3o2)c1)c1cccnc1. The number of pyridine rings is 1. The lowest BCUT2D eigenvalue weighted by molar-refractivity contribution is 0.102. The molecule has 2 aromatic heterocycles. The van der Waals surface area contributed by atoms with Gasteiger partial charge in [0.2, 0.25) is 0 Å². The number of hydrogen-bond donors (Lipinski definition) is 2. The van der Waals surface area contributed by atoms with E-state index in [0.717, 1.165) is 11.2 Å². The van der Waals surface area contributed by atoms with Gasteiger partial charge in [0, 0.05) is 23.8 Å². The Labute approximate surface area is 143 Å². The lowest BCUT2D eigenvalue weighted by Crippen LogP contribution is -2.12. The lowest BCUT2D eigenvalue weighted by atomic mass is 10.2. The Morgan fingerprint density at radius 1 is 0.960 bits per heavy atom. The summed E-state index contributed by atoms with van der Waals surface area (Å²) in [5.74, 6) is -0.216. The minimum Gasteiger partial charge on any atom is -0.423 e. The summed E-state index contributed by atoms with van der Waals surface area (Å²) in [7, 11) is 0. The zero-order valence-electron chi connectivity index (χ0n) is 13.1. The average molecular weight is 330 g/mol. The first-order valence-corrected chi connectivity index (χ1v) is 7.72. The summed E-state index contributed by atoms with van der Waals surface area (Å²) in [4.78, 5) is 20.5. The van der Waals surface area contributed by atoms with Crippen LogP contribution in [0.5, 0.6) is 0 Å². The molecule has 25 heavy (non-hydrogen) atoms. The van der Waals surface area contributed by atoms with Gasteiger partial charge < -0.3 is 15.1 Å². The van der Waals surface area contributed by atoms with Crippen molar-refractivity contribution in [2.24, 2.45) is 0 Å². The minimum atomic E-state index is -0.216. The van der Waals surface area contributed by atoms with Crippen molar-refractivity contribution in [1.82, 2.24) is 9.97 Å². The number of benzene rings is 2. The molecule has 0 spiro atoms. The fourth-order valence-electron chi connectivity index (χ4n) is 2.42. The van der Waals surface area contributed by atoms with Crippen LogP contribution >= 0.6 is 0 Å². The number of hydrogen-bond acceptors (Lipinski definition) is 5. The van der Waals surface area contributed by atoms with Gasteiger partial charge in [-0.15, -0.1) is 0 Å². The molecule has 2 heterocycles. The number of nitrogens with zero attached hydrogens (tertiary/aromatic N) is 2. The fraction of sp³-hybridized carbons (Fsp3) is 0. The molecule has 0 fully saturated rings. The van der Waals surface area contributed by atoms with Crippen molar-refractivity contribution in [3.8, 4) is 0 Å². The van der Waals surface area contributed by atoms with Crippen molar-refractivity contribution in [3.63, 3.8) is 0 Å². The maximum atomic E-state index is 12.2. The molecule has 0 aliphatic heterocycles. The largest absolute Gasteiger partial charge is 0.423 e. The number of amides is 1. The Balaban J connectivity index is 1.52. The molecule has 0 saturated carbocycles. The van der Waals surface area contributed by atoms with E-state index in [1.54, 1.807) is 18.3 Å². The molecule has 0 radical (unpaired) electrons. The maximum Gasteiger partial charge on any atom is 0.300 e. The first kappa shape index (κ1) is 14.9. The second-order valence-corrected chi connectivity index (χ2v) is 5.39. The summed E-state index contributed by atoms with van der Waals surface area (Å²) in [5, 5.41) is 5.95. The molecule has 0 unspecified atom stereocenters. The van der Waals surface area contributed by atoms with E-state index in [2.05, 4.69) is 20.6 Å². The summed E-state index contributed by atoms with van der Waals surface area (Å²) in [6, 6.07) is 18.7. The predicted molar refractivity (Wildman–Crippen MR) is 95.9 cm³/mol. The number of carbonyl (C=O) groups excluding carboxylic acids is 1. The average Bonchev–Trinajstić information content (AvgIpc) is 3.05. The van der Waals surface area contributed by atoms with E-state index in [1.807, 2.05) is 48.5 Å². The van der Waals surface area contributed by atoms with Gasteiger partial charge in [0.25, 0.3) is 11.9 Å². The van der Waals surface area contributed by atoms with Crippen LogP contribution in [-0.4, -0.2) is 15.9 Å². The van der Waals surface area contributed by atoms with E-state index in [0.29, 0.717) is 22.8 Å². The summed E-state index contributed by atoms with van der Waals surface area (Å²) < 4.78 is 5.64. The van der Waals surface area contributed by atoms with Crippen LogP contribution in [0.2, 0.25) is 0 Å². The smallest absolute Gasteiger partial charge is 0.300 e. The summed E-state index contributed by atoms with van der Waals surface area (Å²) >= 11 is 0. The number of nitrogens with one attached hydrogen (secondary N) is 2. The highest BCUT2D eigenvalue weighted by atomic mass is 16.4.